The van der Waals surface area contributed by atoms with E-state index in [4.69, 9.17) is 18.6 Å². The van der Waals surface area contributed by atoms with Gasteiger partial charge < -0.3 is 18.6 Å². The van der Waals surface area contributed by atoms with Gasteiger partial charge in [-0.05, 0) is 39.0 Å². The quantitative estimate of drug-likeness (QED) is 0.579. The number of esters is 1. The van der Waals surface area contributed by atoms with E-state index in [2.05, 4.69) is 10.2 Å². The van der Waals surface area contributed by atoms with Crippen LogP contribution in [0, 0.1) is 0 Å². The van der Waals surface area contributed by atoms with Crippen LogP contribution < -0.4 is 9.47 Å². The van der Waals surface area contributed by atoms with Gasteiger partial charge in [0.05, 0.1) is 14.2 Å². The summed E-state index contributed by atoms with van der Waals surface area (Å²) < 4.78 is 21.2. The third-order valence-corrected chi connectivity index (χ3v) is 3.56. The predicted octanol–water partition coefficient (Wildman–Crippen LogP) is 3.19. The molecule has 0 aliphatic rings. The molecule has 0 unspecified atom stereocenters. The molecule has 1 aromatic carbocycles. The fraction of sp³-hybridized carbons (Fsp3) is 0.438. The zero-order valence-electron chi connectivity index (χ0n) is 14.3. The maximum absolute atomic E-state index is 11.7. The number of methoxy groups -OCH3 is 2. The number of nitrogens with zero attached hydrogens (tertiary/aromatic N) is 2. The van der Waals surface area contributed by atoms with E-state index in [1.807, 2.05) is 20.8 Å². The molecule has 1 aromatic heterocycles. The molecule has 0 bridgehead atoms. The summed E-state index contributed by atoms with van der Waals surface area (Å²) in [5.74, 6) is 1.28. The van der Waals surface area contributed by atoms with Gasteiger partial charge in [0.25, 0.3) is 5.22 Å². The summed E-state index contributed by atoms with van der Waals surface area (Å²) in [4.78, 5) is 11.7. The number of hydrogen-bond donors (Lipinski definition) is 0. The Morgan fingerprint density at radius 3 is 2.50 bits per heavy atom. The van der Waals surface area contributed by atoms with Gasteiger partial charge in [0.1, 0.15) is 11.4 Å². The number of carbonyl (C=O) groups is 1. The van der Waals surface area contributed by atoms with Crippen LogP contribution in [-0.2, 0) is 9.53 Å². The maximum Gasteiger partial charge on any atom is 0.316 e. The second-order valence-corrected chi connectivity index (χ2v) is 6.74. The van der Waals surface area contributed by atoms with E-state index >= 15 is 0 Å². The first-order valence-corrected chi connectivity index (χ1v) is 8.21. The molecule has 0 fully saturated rings. The average Bonchev–Trinajstić information content (AvgIpc) is 2.99. The van der Waals surface area contributed by atoms with Gasteiger partial charge in [-0.3, -0.25) is 4.79 Å². The van der Waals surface area contributed by atoms with Crippen molar-refractivity contribution in [3.8, 4) is 23.0 Å². The standard InChI is InChI=1S/C16H20N2O5S/c1-16(2,3)23-13(19)9-24-15-18-17-14(22-15)10-6-7-11(20-4)12(8-10)21-5/h6-8H,9H2,1-5H3. The maximum atomic E-state index is 11.7. The molecule has 2 aromatic rings. The van der Waals surface area contributed by atoms with E-state index in [-0.39, 0.29) is 11.7 Å². The first-order valence-electron chi connectivity index (χ1n) is 7.23. The van der Waals surface area contributed by atoms with Crippen molar-refractivity contribution in [1.82, 2.24) is 10.2 Å². The van der Waals surface area contributed by atoms with Gasteiger partial charge in [-0.25, -0.2) is 0 Å². The Labute approximate surface area is 144 Å². The molecule has 130 valence electrons. The zero-order valence-corrected chi connectivity index (χ0v) is 15.1. The van der Waals surface area contributed by atoms with Crippen LogP contribution in [0.2, 0.25) is 0 Å². The van der Waals surface area contributed by atoms with Crippen LogP contribution in [0.25, 0.3) is 11.5 Å². The highest BCUT2D eigenvalue weighted by Gasteiger charge is 2.18. The van der Waals surface area contributed by atoms with Crippen molar-refractivity contribution in [2.24, 2.45) is 0 Å². The molecule has 0 saturated heterocycles. The van der Waals surface area contributed by atoms with Crippen LogP contribution in [0.15, 0.2) is 27.8 Å². The highest BCUT2D eigenvalue weighted by molar-refractivity contribution is 7.99. The van der Waals surface area contributed by atoms with Crippen LogP contribution >= 0.6 is 11.8 Å². The number of thioether (sulfide) groups is 1. The normalized spacial score (nSPS) is 11.2. The second-order valence-electron chi connectivity index (χ2n) is 5.82. The molecule has 0 aliphatic carbocycles. The molecule has 2 rings (SSSR count). The van der Waals surface area contributed by atoms with Crippen molar-refractivity contribution in [2.45, 2.75) is 31.6 Å². The minimum Gasteiger partial charge on any atom is -0.493 e. The van der Waals surface area contributed by atoms with Crippen LogP contribution in [0.3, 0.4) is 0 Å². The highest BCUT2D eigenvalue weighted by atomic mass is 32.2. The molecule has 1 heterocycles. The summed E-state index contributed by atoms with van der Waals surface area (Å²) in [5, 5.41) is 8.21. The number of ether oxygens (including phenoxy) is 3. The summed E-state index contributed by atoms with van der Waals surface area (Å²) in [7, 11) is 3.12. The van der Waals surface area contributed by atoms with Gasteiger partial charge in [0, 0.05) is 5.56 Å². The topological polar surface area (TPSA) is 83.7 Å². The van der Waals surface area contributed by atoms with Gasteiger partial charge in [-0.1, -0.05) is 11.8 Å². The number of carbonyl (C=O) groups excluding carboxylic acids is 1. The first-order chi connectivity index (χ1) is 11.3. The summed E-state index contributed by atoms with van der Waals surface area (Å²) in [5.41, 5.74) is 0.182. The monoisotopic (exact) mass is 352 g/mol. The fourth-order valence-corrected chi connectivity index (χ4v) is 2.38. The average molecular weight is 352 g/mol. The largest absolute Gasteiger partial charge is 0.493 e. The highest BCUT2D eigenvalue weighted by Crippen LogP contribution is 2.32. The second kappa shape index (κ2) is 7.57. The lowest BCUT2D eigenvalue weighted by Crippen LogP contribution is -2.24. The summed E-state index contributed by atoms with van der Waals surface area (Å²) in [6.45, 7) is 5.45. The Bertz CT molecular complexity index is 709. The molecular formula is C16H20N2O5S. The van der Waals surface area contributed by atoms with Gasteiger partial charge >= 0.3 is 5.97 Å². The zero-order chi connectivity index (χ0) is 17.7. The van der Waals surface area contributed by atoms with E-state index in [0.717, 1.165) is 11.8 Å². The van der Waals surface area contributed by atoms with E-state index in [1.54, 1.807) is 32.4 Å². The van der Waals surface area contributed by atoms with E-state index in [1.165, 1.54) is 0 Å². The van der Waals surface area contributed by atoms with Crippen LogP contribution in [-0.4, -0.2) is 41.7 Å². The first kappa shape index (κ1) is 18.1. The van der Waals surface area contributed by atoms with Crippen molar-refractivity contribution in [3.05, 3.63) is 18.2 Å². The number of hydrogen-bond acceptors (Lipinski definition) is 8. The van der Waals surface area contributed by atoms with Gasteiger partial charge in [0.15, 0.2) is 11.5 Å². The Morgan fingerprint density at radius 2 is 1.88 bits per heavy atom. The molecular weight excluding hydrogens is 332 g/mol. The van der Waals surface area contributed by atoms with Crippen molar-refractivity contribution in [2.75, 3.05) is 20.0 Å². The lowest BCUT2D eigenvalue weighted by molar-refractivity contribution is -0.151. The summed E-state index contributed by atoms with van der Waals surface area (Å²) >= 11 is 1.13. The minimum atomic E-state index is -0.517. The van der Waals surface area contributed by atoms with Crippen molar-refractivity contribution < 1.29 is 23.4 Å². The van der Waals surface area contributed by atoms with Crippen molar-refractivity contribution in [3.63, 3.8) is 0 Å². The Hall–Kier alpha value is -2.22. The molecule has 8 heteroatoms. The molecule has 0 atom stereocenters. The Kier molecular flexibility index (Phi) is 5.71. The predicted molar refractivity (Wildman–Crippen MR) is 89.4 cm³/mol. The lowest BCUT2D eigenvalue weighted by Gasteiger charge is -2.18. The van der Waals surface area contributed by atoms with Crippen molar-refractivity contribution >= 4 is 17.7 Å². The van der Waals surface area contributed by atoms with E-state index < -0.39 is 5.60 Å². The third kappa shape index (κ3) is 4.89. The van der Waals surface area contributed by atoms with Crippen LogP contribution in [0.5, 0.6) is 11.5 Å². The number of rotatable bonds is 6. The third-order valence-electron chi connectivity index (χ3n) is 2.77. The summed E-state index contributed by atoms with van der Waals surface area (Å²) in [6.07, 6.45) is 0. The van der Waals surface area contributed by atoms with Crippen LogP contribution in [0.4, 0.5) is 0 Å². The molecule has 7 nitrogen and oxygen atoms in total. The molecule has 24 heavy (non-hydrogen) atoms. The Balaban J connectivity index is 2.04. The van der Waals surface area contributed by atoms with Gasteiger partial charge in [0.2, 0.25) is 5.89 Å². The molecule has 0 saturated carbocycles. The molecule has 0 radical (unpaired) electrons. The molecule has 0 amide bonds. The Morgan fingerprint density at radius 1 is 1.17 bits per heavy atom. The van der Waals surface area contributed by atoms with E-state index in [9.17, 15) is 4.79 Å². The number of benzene rings is 1. The minimum absolute atomic E-state index is 0.102. The molecule has 0 aliphatic heterocycles. The van der Waals surface area contributed by atoms with Crippen LogP contribution in [0.1, 0.15) is 20.8 Å². The SMILES string of the molecule is COc1ccc(-c2nnc(SCC(=O)OC(C)(C)C)o2)cc1OC. The van der Waals surface area contributed by atoms with E-state index in [0.29, 0.717) is 28.2 Å². The smallest absolute Gasteiger partial charge is 0.316 e. The summed E-state index contributed by atoms with van der Waals surface area (Å²) in [6, 6.07) is 5.29. The van der Waals surface area contributed by atoms with Gasteiger partial charge in [-0.15, -0.1) is 10.2 Å². The van der Waals surface area contributed by atoms with Gasteiger partial charge in [-0.2, -0.15) is 0 Å². The van der Waals surface area contributed by atoms with Crippen molar-refractivity contribution in [1.29, 1.82) is 0 Å². The molecule has 0 spiro atoms. The fourth-order valence-electron chi connectivity index (χ4n) is 1.85. The molecule has 0 N–H and O–H groups in total. The lowest BCUT2D eigenvalue weighted by atomic mass is 10.2. The number of aromatic nitrogens is 2.